The van der Waals surface area contributed by atoms with E-state index in [1.807, 2.05) is 0 Å². The number of anilines is 3. The second-order valence-corrected chi connectivity index (χ2v) is 6.31. The van der Waals surface area contributed by atoms with Crippen LogP contribution in [0.1, 0.15) is 12.8 Å². The molecule has 0 aromatic heterocycles. The molecule has 2 aromatic rings. The number of nitrogens with one attached hydrogen (secondary N) is 3. The van der Waals surface area contributed by atoms with E-state index in [9.17, 15) is 19.7 Å². The molecule has 1 saturated heterocycles. The standard InChI is InChI=1S/C19H21N5O4/c25-18(2-1-11-20-14-3-9-17(10-4-14)24(27)28)22-15-5-7-16(8-6-15)23-13-12-21-19(23)26/h3-10,20H,1-2,11-13H2,(H,21,26)(H,22,25). The predicted octanol–water partition coefficient (Wildman–Crippen LogP) is 2.96. The summed E-state index contributed by atoms with van der Waals surface area (Å²) >= 11 is 0. The van der Waals surface area contributed by atoms with Crippen LogP contribution in [-0.4, -0.2) is 36.5 Å². The van der Waals surface area contributed by atoms with Crippen LogP contribution in [0, 0.1) is 10.1 Å². The molecule has 146 valence electrons. The topological polar surface area (TPSA) is 117 Å². The molecular formula is C19H21N5O4. The van der Waals surface area contributed by atoms with E-state index >= 15 is 0 Å². The second kappa shape index (κ2) is 8.85. The number of nitro benzene ring substituents is 1. The molecule has 0 aliphatic carbocycles. The van der Waals surface area contributed by atoms with Gasteiger partial charge in [-0.1, -0.05) is 0 Å². The molecule has 1 aliphatic heterocycles. The van der Waals surface area contributed by atoms with Gasteiger partial charge in [-0.25, -0.2) is 4.79 Å². The molecular weight excluding hydrogens is 362 g/mol. The lowest BCUT2D eigenvalue weighted by atomic mass is 10.2. The minimum Gasteiger partial charge on any atom is -0.385 e. The highest BCUT2D eigenvalue weighted by atomic mass is 16.6. The Morgan fingerprint density at radius 1 is 1.11 bits per heavy atom. The first-order valence-electron chi connectivity index (χ1n) is 8.96. The van der Waals surface area contributed by atoms with E-state index in [2.05, 4.69) is 16.0 Å². The van der Waals surface area contributed by atoms with E-state index in [4.69, 9.17) is 0 Å². The third-order valence-electron chi connectivity index (χ3n) is 4.31. The van der Waals surface area contributed by atoms with Crippen LogP contribution < -0.4 is 20.9 Å². The van der Waals surface area contributed by atoms with Crippen molar-refractivity contribution in [2.45, 2.75) is 12.8 Å². The highest BCUT2D eigenvalue weighted by molar-refractivity contribution is 5.95. The Kier molecular flexibility index (Phi) is 6.05. The van der Waals surface area contributed by atoms with Crippen LogP contribution in [0.4, 0.5) is 27.5 Å². The van der Waals surface area contributed by atoms with Crippen molar-refractivity contribution >= 4 is 34.7 Å². The zero-order valence-corrected chi connectivity index (χ0v) is 15.2. The van der Waals surface area contributed by atoms with Gasteiger partial charge in [-0.3, -0.25) is 19.8 Å². The number of carbonyl (C=O) groups excluding carboxylic acids is 2. The van der Waals surface area contributed by atoms with Gasteiger partial charge in [-0.05, 0) is 42.8 Å². The van der Waals surface area contributed by atoms with Gasteiger partial charge in [0, 0.05) is 55.2 Å². The first kappa shape index (κ1) is 19.2. The maximum atomic E-state index is 12.0. The number of carbonyl (C=O) groups is 2. The van der Waals surface area contributed by atoms with Gasteiger partial charge in [0.1, 0.15) is 0 Å². The van der Waals surface area contributed by atoms with Gasteiger partial charge in [-0.15, -0.1) is 0 Å². The summed E-state index contributed by atoms with van der Waals surface area (Å²) in [5, 5.41) is 19.3. The largest absolute Gasteiger partial charge is 0.385 e. The van der Waals surface area contributed by atoms with Crippen LogP contribution in [0.15, 0.2) is 48.5 Å². The number of urea groups is 1. The number of non-ortho nitro benzene ring substituents is 1. The molecule has 9 heteroatoms. The van der Waals surface area contributed by atoms with Crippen molar-refractivity contribution < 1.29 is 14.5 Å². The van der Waals surface area contributed by atoms with Gasteiger partial charge >= 0.3 is 6.03 Å². The molecule has 3 rings (SSSR count). The maximum absolute atomic E-state index is 12.0. The number of nitrogens with zero attached hydrogens (tertiary/aromatic N) is 2. The van der Waals surface area contributed by atoms with Crippen LogP contribution in [0.25, 0.3) is 0 Å². The Morgan fingerprint density at radius 3 is 2.39 bits per heavy atom. The van der Waals surface area contributed by atoms with E-state index in [0.717, 1.165) is 11.4 Å². The molecule has 0 atom stereocenters. The Morgan fingerprint density at radius 2 is 1.79 bits per heavy atom. The fourth-order valence-corrected chi connectivity index (χ4v) is 2.85. The Bertz CT molecular complexity index is 852. The van der Waals surface area contributed by atoms with Crippen molar-refractivity contribution in [3.63, 3.8) is 0 Å². The minimum absolute atomic E-state index is 0.0429. The van der Waals surface area contributed by atoms with Crippen molar-refractivity contribution in [1.29, 1.82) is 0 Å². The van der Waals surface area contributed by atoms with Gasteiger partial charge in [0.05, 0.1) is 4.92 Å². The monoisotopic (exact) mass is 383 g/mol. The lowest BCUT2D eigenvalue weighted by Crippen LogP contribution is -2.27. The summed E-state index contributed by atoms with van der Waals surface area (Å²) in [5.41, 5.74) is 2.28. The summed E-state index contributed by atoms with van der Waals surface area (Å²) in [7, 11) is 0. The molecule has 1 aliphatic rings. The molecule has 1 fully saturated rings. The normalized spacial score (nSPS) is 13.1. The number of rotatable bonds is 8. The van der Waals surface area contributed by atoms with Crippen LogP contribution >= 0.6 is 0 Å². The Labute approximate surface area is 161 Å². The SMILES string of the molecule is O=C(CCCNc1ccc([N+](=O)[O-])cc1)Nc1ccc(N2CCNC2=O)cc1. The fraction of sp³-hybridized carbons (Fsp3) is 0.263. The van der Waals surface area contributed by atoms with Crippen molar-refractivity contribution in [2.24, 2.45) is 0 Å². The van der Waals surface area contributed by atoms with Crippen molar-refractivity contribution in [1.82, 2.24) is 5.32 Å². The molecule has 1 heterocycles. The maximum Gasteiger partial charge on any atom is 0.321 e. The van der Waals surface area contributed by atoms with Gasteiger partial charge in [0.25, 0.3) is 5.69 Å². The molecule has 0 unspecified atom stereocenters. The third kappa shape index (κ3) is 4.97. The van der Waals surface area contributed by atoms with E-state index < -0.39 is 4.92 Å². The highest BCUT2D eigenvalue weighted by Crippen LogP contribution is 2.20. The molecule has 0 spiro atoms. The van der Waals surface area contributed by atoms with E-state index in [1.165, 1.54) is 12.1 Å². The summed E-state index contributed by atoms with van der Waals surface area (Å²) in [6.45, 7) is 1.84. The molecule has 28 heavy (non-hydrogen) atoms. The number of amides is 3. The van der Waals surface area contributed by atoms with Gasteiger partial charge in [0.15, 0.2) is 0 Å². The van der Waals surface area contributed by atoms with Gasteiger partial charge < -0.3 is 16.0 Å². The minimum atomic E-state index is -0.444. The van der Waals surface area contributed by atoms with Gasteiger partial charge in [-0.2, -0.15) is 0 Å². The van der Waals surface area contributed by atoms with Gasteiger partial charge in [0.2, 0.25) is 5.91 Å². The summed E-state index contributed by atoms with van der Waals surface area (Å²) in [5.74, 6) is -0.0998. The predicted molar refractivity (Wildman–Crippen MR) is 107 cm³/mol. The Balaban J connectivity index is 1.39. The van der Waals surface area contributed by atoms with Crippen molar-refractivity contribution in [3.8, 4) is 0 Å². The second-order valence-electron chi connectivity index (χ2n) is 6.31. The molecule has 2 aromatic carbocycles. The number of nitro groups is 1. The van der Waals surface area contributed by atoms with Crippen molar-refractivity contribution in [2.75, 3.05) is 35.2 Å². The summed E-state index contributed by atoms with van der Waals surface area (Å²) in [6, 6.07) is 13.2. The third-order valence-corrected chi connectivity index (χ3v) is 4.31. The summed E-state index contributed by atoms with van der Waals surface area (Å²) in [4.78, 5) is 35.5. The summed E-state index contributed by atoms with van der Waals surface area (Å²) in [6.07, 6.45) is 0.963. The van der Waals surface area contributed by atoms with Crippen molar-refractivity contribution in [3.05, 3.63) is 58.6 Å². The lowest BCUT2D eigenvalue weighted by molar-refractivity contribution is -0.384. The number of hydrogen-bond donors (Lipinski definition) is 3. The van der Waals surface area contributed by atoms with E-state index in [-0.39, 0.29) is 17.6 Å². The van der Waals surface area contributed by atoms with E-state index in [1.54, 1.807) is 41.3 Å². The zero-order valence-electron chi connectivity index (χ0n) is 15.2. The molecule has 0 radical (unpaired) electrons. The van der Waals surface area contributed by atoms with Crippen LogP contribution in [0.3, 0.4) is 0 Å². The molecule has 0 bridgehead atoms. The first-order chi connectivity index (χ1) is 13.5. The highest BCUT2D eigenvalue weighted by Gasteiger charge is 2.20. The molecule has 3 N–H and O–H groups in total. The average molecular weight is 383 g/mol. The fourth-order valence-electron chi connectivity index (χ4n) is 2.85. The Hall–Kier alpha value is -3.62. The van der Waals surface area contributed by atoms with Crippen LogP contribution in [-0.2, 0) is 4.79 Å². The first-order valence-corrected chi connectivity index (χ1v) is 8.96. The van der Waals surface area contributed by atoms with Crippen LogP contribution in [0.5, 0.6) is 0 Å². The van der Waals surface area contributed by atoms with Crippen LogP contribution in [0.2, 0.25) is 0 Å². The molecule has 9 nitrogen and oxygen atoms in total. The van der Waals surface area contributed by atoms with E-state index in [0.29, 0.717) is 38.2 Å². The number of benzene rings is 2. The smallest absolute Gasteiger partial charge is 0.321 e. The zero-order chi connectivity index (χ0) is 19.9. The molecule has 3 amide bonds. The average Bonchev–Trinajstić information content (AvgIpc) is 3.12. The lowest BCUT2D eigenvalue weighted by Gasteiger charge is -2.14. The quantitative estimate of drug-likeness (QED) is 0.368. The summed E-state index contributed by atoms with van der Waals surface area (Å²) < 4.78 is 0. The number of hydrogen-bond acceptors (Lipinski definition) is 5. The molecule has 0 saturated carbocycles.